The van der Waals surface area contributed by atoms with Crippen molar-refractivity contribution in [1.82, 2.24) is 5.32 Å². The topological polar surface area (TPSA) is 58.6 Å². The normalized spacial score (nSPS) is 15.0. The van der Waals surface area contributed by atoms with E-state index in [1.165, 1.54) is 0 Å². The Morgan fingerprint density at radius 3 is 2.67 bits per heavy atom. The maximum Gasteiger partial charge on any atom is 0.258 e. The first-order valence-corrected chi connectivity index (χ1v) is 10.8. The van der Waals surface area contributed by atoms with Crippen LogP contribution < -0.4 is 15.0 Å². The summed E-state index contributed by atoms with van der Waals surface area (Å²) in [4.78, 5) is 28.3. The molecule has 1 atom stereocenters. The maximum absolute atomic E-state index is 13.2. The molecule has 1 aliphatic heterocycles. The highest BCUT2D eigenvalue weighted by Crippen LogP contribution is 2.34. The minimum absolute atomic E-state index is 0.00233. The predicted octanol–water partition coefficient (Wildman–Crippen LogP) is 4.21. The van der Waals surface area contributed by atoms with Crippen LogP contribution in [0.3, 0.4) is 0 Å². The molecular weight excluding hydrogens is 396 g/mol. The van der Waals surface area contributed by atoms with Crippen molar-refractivity contribution in [1.29, 1.82) is 0 Å². The Bertz CT molecular complexity index is 1040. The van der Waals surface area contributed by atoms with E-state index in [0.717, 1.165) is 33.9 Å². The Morgan fingerprint density at radius 2 is 1.97 bits per heavy atom. The lowest BCUT2D eigenvalue weighted by atomic mass is 10.1. The molecule has 2 heterocycles. The zero-order valence-electron chi connectivity index (χ0n) is 17.1. The number of carbonyl (C=O) groups is 2. The fourth-order valence-electron chi connectivity index (χ4n) is 3.78. The molecule has 0 saturated heterocycles. The Kier molecular flexibility index (Phi) is 5.86. The lowest BCUT2D eigenvalue weighted by molar-refractivity contribution is -0.120. The average Bonchev–Trinajstić information content (AvgIpc) is 3.38. The van der Waals surface area contributed by atoms with Crippen LogP contribution in [0.25, 0.3) is 0 Å². The molecule has 154 valence electrons. The summed E-state index contributed by atoms with van der Waals surface area (Å²) in [6.07, 6.45) is 1.21. The Balaban J connectivity index is 1.48. The van der Waals surface area contributed by atoms with Crippen LogP contribution in [-0.2, 0) is 24.2 Å². The molecule has 0 spiro atoms. The number of amides is 2. The van der Waals surface area contributed by atoms with Crippen LogP contribution in [0.5, 0.6) is 5.75 Å². The molecule has 1 aliphatic rings. The highest BCUT2D eigenvalue weighted by atomic mass is 32.1. The number of ether oxygens (including phenoxy) is 1. The summed E-state index contributed by atoms with van der Waals surface area (Å²) >= 11 is 1.58. The molecule has 0 saturated carbocycles. The summed E-state index contributed by atoms with van der Waals surface area (Å²) < 4.78 is 5.19. The molecule has 3 aromatic rings. The van der Waals surface area contributed by atoms with Crippen LogP contribution in [0.1, 0.15) is 33.3 Å². The number of anilines is 1. The van der Waals surface area contributed by atoms with Gasteiger partial charge in [-0.05, 0) is 66.2 Å². The minimum atomic E-state index is -0.0252. The van der Waals surface area contributed by atoms with Crippen molar-refractivity contribution in [2.75, 3.05) is 12.0 Å². The molecule has 6 heteroatoms. The minimum Gasteiger partial charge on any atom is -0.497 e. The van der Waals surface area contributed by atoms with Crippen molar-refractivity contribution < 1.29 is 14.3 Å². The standard InChI is InChI=1S/C24H24N2O3S/c1-16-12-19-6-5-17(15-25-23(27)14-21-4-3-11-30-21)13-22(19)26(16)24(28)18-7-9-20(29-2)10-8-18/h3-11,13,16H,12,14-15H2,1-2H3,(H,25,27)/t16-/m1/s1. The van der Waals surface area contributed by atoms with E-state index in [-0.39, 0.29) is 17.9 Å². The van der Waals surface area contributed by atoms with Crippen molar-refractivity contribution in [2.24, 2.45) is 0 Å². The van der Waals surface area contributed by atoms with Gasteiger partial charge in [0.2, 0.25) is 5.91 Å². The van der Waals surface area contributed by atoms with Crippen LogP contribution >= 0.6 is 11.3 Å². The van der Waals surface area contributed by atoms with E-state index in [1.54, 1.807) is 42.7 Å². The maximum atomic E-state index is 13.2. The summed E-state index contributed by atoms with van der Waals surface area (Å²) in [7, 11) is 1.61. The van der Waals surface area contributed by atoms with Gasteiger partial charge in [-0.25, -0.2) is 0 Å². The zero-order valence-corrected chi connectivity index (χ0v) is 17.9. The molecule has 2 aromatic carbocycles. The molecule has 5 nitrogen and oxygen atoms in total. The third kappa shape index (κ3) is 4.24. The van der Waals surface area contributed by atoms with Gasteiger partial charge in [0.1, 0.15) is 5.75 Å². The van der Waals surface area contributed by atoms with Gasteiger partial charge in [-0.15, -0.1) is 11.3 Å². The van der Waals surface area contributed by atoms with Crippen LogP contribution in [0, 0.1) is 0 Å². The summed E-state index contributed by atoms with van der Waals surface area (Å²) in [6.45, 7) is 2.50. The zero-order chi connectivity index (χ0) is 21.1. The molecule has 0 fully saturated rings. The second-order valence-corrected chi connectivity index (χ2v) is 8.48. The SMILES string of the molecule is COc1ccc(C(=O)N2c3cc(CNC(=O)Cc4cccs4)ccc3C[C@H]2C)cc1. The lowest BCUT2D eigenvalue weighted by Crippen LogP contribution is -2.35. The Hall–Kier alpha value is -3.12. The van der Waals surface area contributed by atoms with Crippen molar-refractivity contribution in [3.05, 3.63) is 81.5 Å². The highest BCUT2D eigenvalue weighted by Gasteiger charge is 2.31. The largest absolute Gasteiger partial charge is 0.497 e. The molecule has 1 N–H and O–H groups in total. The number of nitrogens with zero attached hydrogens (tertiary/aromatic N) is 1. The Morgan fingerprint density at radius 1 is 1.17 bits per heavy atom. The first kappa shape index (κ1) is 20.2. The van der Waals surface area contributed by atoms with Gasteiger partial charge < -0.3 is 15.0 Å². The van der Waals surface area contributed by atoms with Gasteiger partial charge in [0.25, 0.3) is 5.91 Å². The van der Waals surface area contributed by atoms with Gasteiger partial charge in [-0.3, -0.25) is 9.59 Å². The smallest absolute Gasteiger partial charge is 0.258 e. The molecule has 1 aromatic heterocycles. The van der Waals surface area contributed by atoms with Gasteiger partial charge in [0.15, 0.2) is 0 Å². The van der Waals surface area contributed by atoms with Gasteiger partial charge in [-0.2, -0.15) is 0 Å². The number of hydrogen-bond donors (Lipinski definition) is 1. The van der Waals surface area contributed by atoms with Gasteiger partial charge in [0, 0.05) is 28.7 Å². The number of rotatable bonds is 6. The molecular formula is C24H24N2O3S. The summed E-state index contributed by atoms with van der Waals surface area (Å²) in [5, 5.41) is 4.95. The third-order valence-corrected chi connectivity index (χ3v) is 6.20. The number of thiophene rings is 1. The first-order valence-electron chi connectivity index (χ1n) is 9.93. The van der Waals surface area contributed by atoms with Crippen molar-refractivity contribution >= 4 is 28.8 Å². The molecule has 4 rings (SSSR count). The van der Waals surface area contributed by atoms with Gasteiger partial charge in [-0.1, -0.05) is 18.2 Å². The number of methoxy groups -OCH3 is 1. The van der Waals surface area contributed by atoms with Crippen LogP contribution in [-0.4, -0.2) is 25.0 Å². The number of hydrogen-bond acceptors (Lipinski definition) is 4. The highest BCUT2D eigenvalue weighted by molar-refractivity contribution is 7.10. The van der Waals surface area contributed by atoms with E-state index in [9.17, 15) is 9.59 Å². The summed E-state index contributed by atoms with van der Waals surface area (Å²) in [5.74, 6) is 0.697. The number of carbonyl (C=O) groups excluding carboxylic acids is 2. The number of nitrogens with one attached hydrogen (secondary N) is 1. The molecule has 0 radical (unpaired) electrons. The Labute approximate surface area is 180 Å². The van der Waals surface area contributed by atoms with E-state index < -0.39 is 0 Å². The second-order valence-electron chi connectivity index (χ2n) is 7.45. The van der Waals surface area contributed by atoms with E-state index in [4.69, 9.17) is 4.74 Å². The molecule has 0 unspecified atom stereocenters. The van der Waals surface area contributed by atoms with Gasteiger partial charge >= 0.3 is 0 Å². The second kappa shape index (κ2) is 8.71. The quantitative estimate of drug-likeness (QED) is 0.650. The van der Waals surface area contributed by atoms with Crippen molar-refractivity contribution in [3.8, 4) is 5.75 Å². The van der Waals surface area contributed by atoms with Crippen molar-refractivity contribution in [2.45, 2.75) is 32.4 Å². The van der Waals surface area contributed by atoms with E-state index in [2.05, 4.69) is 18.3 Å². The van der Waals surface area contributed by atoms with E-state index in [0.29, 0.717) is 18.5 Å². The molecule has 2 amide bonds. The summed E-state index contributed by atoms with van der Waals surface area (Å²) in [5.41, 5.74) is 3.69. The van der Waals surface area contributed by atoms with Crippen LogP contribution in [0.4, 0.5) is 5.69 Å². The van der Waals surface area contributed by atoms with E-state index in [1.807, 2.05) is 34.5 Å². The monoisotopic (exact) mass is 420 g/mol. The molecule has 30 heavy (non-hydrogen) atoms. The summed E-state index contributed by atoms with van der Waals surface area (Å²) in [6, 6.07) is 17.3. The average molecular weight is 421 g/mol. The van der Waals surface area contributed by atoms with Crippen LogP contribution in [0.2, 0.25) is 0 Å². The fourth-order valence-corrected chi connectivity index (χ4v) is 4.48. The van der Waals surface area contributed by atoms with Crippen LogP contribution in [0.15, 0.2) is 60.0 Å². The number of benzene rings is 2. The number of fused-ring (bicyclic) bond motifs is 1. The lowest BCUT2D eigenvalue weighted by Gasteiger charge is -2.23. The predicted molar refractivity (Wildman–Crippen MR) is 119 cm³/mol. The first-order chi connectivity index (χ1) is 14.5. The third-order valence-electron chi connectivity index (χ3n) is 5.33. The van der Waals surface area contributed by atoms with Crippen molar-refractivity contribution in [3.63, 3.8) is 0 Å². The fraction of sp³-hybridized carbons (Fsp3) is 0.250. The van der Waals surface area contributed by atoms with Gasteiger partial charge in [0.05, 0.1) is 13.5 Å². The molecule has 0 bridgehead atoms. The van der Waals surface area contributed by atoms with E-state index >= 15 is 0 Å². The molecule has 0 aliphatic carbocycles.